The topological polar surface area (TPSA) is 42.9 Å². The molecule has 0 unspecified atom stereocenters. The van der Waals surface area contributed by atoms with Crippen molar-refractivity contribution in [1.29, 1.82) is 0 Å². The number of hydrogen-bond donors (Lipinski definition) is 2. The van der Waals surface area contributed by atoms with Crippen LogP contribution in [0.3, 0.4) is 0 Å². The Hall–Kier alpha value is -1.59. The Morgan fingerprint density at radius 1 is 1.04 bits per heavy atom. The van der Waals surface area contributed by atoms with Crippen molar-refractivity contribution in [2.75, 3.05) is 46.3 Å². The average molecular weight is 358 g/mol. The van der Waals surface area contributed by atoms with E-state index < -0.39 is 0 Å². The molecule has 1 aromatic carbocycles. The van der Waals surface area contributed by atoms with Gasteiger partial charge in [-0.25, -0.2) is 4.99 Å². The van der Waals surface area contributed by atoms with Crippen LogP contribution >= 0.6 is 0 Å². The molecule has 26 heavy (non-hydrogen) atoms. The third kappa shape index (κ3) is 6.61. The van der Waals surface area contributed by atoms with Crippen molar-refractivity contribution in [3.05, 3.63) is 35.4 Å². The third-order valence-electron chi connectivity index (χ3n) is 5.26. The molecular weight excluding hydrogens is 322 g/mol. The Kier molecular flexibility index (Phi) is 7.32. The van der Waals surface area contributed by atoms with Crippen LogP contribution in [0.5, 0.6) is 0 Å². The summed E-state index contributed by atoms with van der Waals surface area (Å²) in [6, 6.07) is 8.99. The van der Waals surface area contributed by atoms with Crippen molar-refractivity contribution in [2.24, 2.45) is 10.9 Å². The zero-order valence-electron chi connectivity index (χ0n) is 16.5. The second-order valence-corrected chi connectivity index (χ2v) is 7.77. The molecule has 1 aliphatic heterocycles. The van der Waals surface area contributed by atoms with Crippen molar-refractivity contribution >= 4 is 5.96 Å². The van der Waals surface area contributed by atoms with E-state index in [2.05, 4.69) is 58.7 Å². The maximum Gasteiger partial charge on any atom is 0.191 e. The SMILES string of the molecule is CCNC(=NCc1ccc(CN2CCCN(C)CC2)cc1)NCC1CC1. The van der Waals surface area contributed by atoms with Crippen LogP contribution in [-0.4, -0.2) is 62.1 Å². The first-order chi connectivity index (χ1) is 12.7. The lowest BCUT2D eigenvalue weighted by atomic mass is 10.1. The van der Waals surface area contributed by atoms with Crippen LogP contribution in [0.15, 0.2) is 29.3 Å². The highest BCUT2D eigenvalue weighted by Crippen LogP contribution is 2.27. The molecule has 0 atom stereocenters. The molecule has 144 valence electrons. The van der Waals surface area contributed by atoms with Gasteiger partial charge in [0, 0.05) is 32.7 Å². The minimum absolute atomic E-state index is 0.731. The van der Waals surface area contributed by atoms with Gasteiger partial charge in [-0.05, 0) is 63.4 Å². The molecular formula is C21H35N5. The molecule has 1 heterocycles. The summed E-state index contributed by atoms with van der Waals surface area (Å²) in [5.74, 6) is 1.80. The molecule has 1 saturated heterocycles. The van der Waals surface area contributed by atoms with E-state index in [9.17, 15) is 0 Å². The van der Waals surface area contributed by atoms with Gasteiger partial charge in [0.05, 0.1) is 6.54 Å². The van der Waals surface area contributed by atoms with Crippen molar-refractivity contribution in [3.63, 3.8) is 0 Å². The molecule has 0 aromatic heterocycles. The van der Waals surface area contributed by atoms with Crippen LogP contribution in [0, 0.1) is 5.92 Å². The van der Waals surface area contributed by atoms with Gasteiger partial charge >= 0.3 is 0 Å². The third-order valence-corrected chi connectivity index (χ3v) is 5.26. The fourth-order valence-electron chi connectivity index (χ4n) is 3.34. The first kappa shape index (κ1) is 19.2. The van der Waals surface area contributed by atoms with Crippen molar-refractivity contribution in [1.82, 2.24) is 20.4 Å². The van der Waals surface area contributed by atoms with E-state index in [1.54, 1.807) is 0 Å². The molecule has 0 amide bonds. The number of nitrogens with zero attached hydrogens (tertiary/aromatic N) is 3. The Balaban J connectivity index is 1.48. The molecule has 1 saturated carbocycles. The summed E-state index contributed by atoms with van der Waals surface area (Å²) < 4.78 is 0. The highest BCUT2D eigenvalue weighted by atomic mass is 15.2. The Morgan fingerprint density at radius 2 is 1.81 bits per heavy atom. The number of likely N-dealkylation sites (N-methyl/N-ethyl adjacent to an activating group) is 1. The number of guanidine groups is 1. The lowest BCUT2D eigenvalue weighted by Gasteiger charge is -2.20. The number of rotatable bonds is 7. The lowest BCUT2D eigenvalue weighted by molar-refractivity contribution is 0.269. The summed E-state index contributed by atoms with van der Waals surface area (Å²) in [6.07, 6.45) is 3.99. The van der Waals surface area contributed by atoms with Gasteiger partial charge in [0.25, 0.3) is 0 Å². The van der Waals surface area contributed by atoms with Gasteiger partial charge in [0.15, 0.2) is 5.96 Å². The minimum atomic E-state index is 0.731. The quantitative estimate of drug-likeness (QED) is 0.580. The number of hydrogen-bond acceptors (Lipinski definition) is 3. The van der Waals surface area contributed by atoms with Crippen molar-refractivity contribution < 1.29 is 0 Å². The van der Waals surface area contributed by atoms with E-state index in [4.69, 9.17) is 4.99 Å². The standard InChI is InChI=1S/C21H35N5/c1-3-22-21(23-15-18-5-6-18)24-16-19-7-9-20(10-8-19)17-26-12-4-11-25(2)13-14-26/h7-10,18H,3-6,11-17H2,1-2H3,(H2,22,23,24). The van der Waals surface area contributed by atoms with Gasteiger partial charge in [-0.1, -0.05) is 24.3 Å². The molecule has 2 aliphatic rings. The van der Waals surface area contributed by atoms with Crippen LogP contribution in [-0.2, 0) is 13.1 Å². The van der Waals surface area contributed by atoms with E-state index in [0.717, 1.165) is 38.1 Å². The first-order valence-corrected chi connectivity index (χ1v) is 10.2. The zero-order valence-corrected chi connectivity index (χ0v) is 16.5. The molecule has 2 fully saturated rings. The van der Waals surface area contributed by atoms with Gasteiger partial charge in [-0.2, -0.15) is 0 Å². The molecule has 1 aliphatic carbocycles. The maximum absolute atomic E-state index is 4.73. The van der Waals surface area contributed by atoms with E-state index in [-0.39, 0.29) is 0 Å². The fourth-order valence-corrected chi connectivity index (χ4v) is 3.34. The van der Waals surface area contributed by atoms with Gasteiger partial charge in [0.2, 0.25) is 0 Å². The number of nitrogens with one attached hydrogen (secondary N) is 2. The molecule has 5 nitrogen and oxygen atoms in total. The summed E-state index contributed by atoms with van der Waals surface area (Å²) in [5.41, 5.74) is 2.68. The highest BCUT2D eigenvalue weighted by molar-refractivity contribution is 5.79. The van der Waals surface area contributed by atoms with Gasteiger partial charge in [-0.3, -0.25) is 4.90 Å². The largest absolute Gasteiger partial charge is 0.357 e. The first-order valence-electron chi connectivity index (χ1n) is 10.2. The van der Waals surface area contributed by atoms with Crippen LogP contribution < -0.4 is 10.6 Å². The Morgan fingerprint density at radius 3 is 2.54 bits per heavy atom. The number of aliphatic imine (C=N–C) groups is 1. The summed E-state index contributed by atoms with van der Waals surface area (Å²) in [6.45, 7) is 10.6. The van der Waals surface area contributed by atoms with Crippen LogP contribution in [0.4, 0.5) is 0 Å². The summed E-state index contributed by atoms with van der Waals surface area (Å²) in [4.78, 5) is 9.73. The summed E-state index contributed by atoms with van der Waals surface area (Å²) in [5, 5.41) is 6.80. The van der Waals surface area contributed by atoms with E-state index in [1.807, 2.05) is 0 Å². The number of benzene rings is 1. The lowest BCUT2D eigenvalue weighted by Crippen LogP contribution is -2.38. The molecule has 1 aromatic rings. The minimum Gasteiger partial charge on any atom is -0.357 e. The zero-order chi connectivity index (χ0) is 18.2. The van der Waals surface area contributed by atoms with Crippen LogP contribution in [0.1, 0.15) is 37.3 Å². The van der Waals surface area contributed by atoms with Crippen molar-refractivity contribution in [3.8, 4) is 0 Å². The van der Waals surface area contributed by atoms with Gasteiger partial charge in [0.1, 0.15) is 0 Å². The summed E-state index contributed by atoms with van der Waals surface area (Å²) >= 11 is 0. The van der Waals surface area contributed by atoms with E-state index in [0.29, 0.717) is 0 Å². The van der Waals surface area contributed by atoms with Crippen LogP contribution in [0.2, 0.25) is 0 Å². The van der Waals surface area contributed by atoms with Crippen molar-refractivity contribution in [2.45, 2.75) is 39.3 Å². The van der Waals surface area contributed by atoms with Crippen LogP contribution in [0.25, 0.3) is 0 Å². The fraction of sp³-hybridized carbons (Fsp3) is 0.667. The normalized spacial score (nSPS) is 20.0. The van der Waals surface area contributed by atoms with Gasteiger partial charge in [-0.15, -0.1) is 0 Å². The average Bonchev–Trinajstić information content (AvgIpc) is 3.48. The monoisotopic (exact) mass is 357 g/mol. The smallest absolute Gasteiger partial charge is 0.191 e. The Labute approximate surface area is 158 Å². The highest BCUT2D eigenvalue weighted by Gasteiger charge is 2.21. The molecule has 0 bridgehead atoms. The molecule has 0 spiro atoms. The van der Waals surface area contributed by atoms with Gasteiger partial charge < -0.3 is 15.5 Å². The summed E-state index contributed by atoms with van der Waals surface area (Å²) in [7, 11) is 2.22. The molecule has 5 heteroatoms. The Bertz CT molecular complexity index is 564. The predicted molar refractivity (Wildman–Crippen MR) is 109 cm³/mol. The maximum atomic E-state index is 4.73. The van der Waals surface area contributed by atoms with E-state index >= 15 is 0 Å². The predicted octanol–water partition coefficient (Wildman–Crippen LogP) is 2.29. The second-order valence-electron chi connectivity index (χ2n) is 7.77. The molecule has 2 N–H and O–H groups in total. The van der Waals surface area contributed by atoms with E-state index in [1.165, 1.54) is 56.6 Å². The second kappa shape index (κ2) is 9.93. The molecule has 0 radical (unpaired) electrons. The molecule has 3 rings (SSSR count).